The number of halogens is 1. The zero-order valence-corrected chi connectivity index (χ0v) is 11.1. The number of ether oxygens (including phenoxy) is 2. The van der Waals surface area contributed by atoms with E-state index >= 15 is 0 Å². The maximum Gasteiger partial charge on any atom is 0.338 e. The highest BCUT2D eigenvalue weighted by atomic mass is 19.1. The number of fused-ring (bicyclic) bond motifs is 1. The average molecular weight is 276 g/mol. The molecule has 6 heteroatoms. The molecular weight excluding hydrogens is 263 g/mol. The summed E-state index contributed by atoms with van der Waals surface area (Å²) in [6, 6.07) is 3.23. The Morgan fingerprint density at radius 2 is 2.20 bits per heavy atom. The molecule has 20 heavy (non-hydrogen) atoms. The lowest BCUT2D eigenvalue weighted by molar-refractivity contribution is -0.136. The predicted octanol–water partition coefficient (Wildman–Crippen LogP) is 2.35. The highest BCUT2D eigenvalue weighted by molar-refractivity contribution is 6.18. The Morgan fingerprint density at radius 3 is 2.85 bits per heavy atom. The molecule has 0 atom stereocenters. The first kappa shape index (κ1) is 13.9. The van der Waals surface area contributed by atoms with E-state index in [0.717, 1.165) is 6.20 Å². The van der Waals surface area contributed by atoms with Gasteiger partial charge in [0.05, 0.1) is 36.6 Å². The van der Waals surface area contributed by atoms with E-state index in [9.17, 15) is 9.18 Å². The minimum absolute atomic E-state index is 0.0210. The molecule has 0 spiro atoms. The summed E-state index contributed by atoms with van der Waals surface area (Å²) in [6.07, 6.45) is 1.02. The Balaban J connectivity index is 2.63. The van der Waals surface area contributed by atoms with Gasteiger partial charge in [-0.3, -0.25) is 4.98 Å². The Bertz CT molecular complexity index is 685. The van der Waals surface area contributed by atoms with Crippen LogP contribution in [-0.2, 0) is 9.53 Å². The van der Waals surface area contributed by atoms with E-state index in [2.05, 4.69) is 16.5 Å². The van der Waals surface area contributed by atoms with Crippen molar-refractivity contribution in [3.63, 3.8) is 0 Å². The van der Waals surface area contributed by atoms with Gasteiger partial charge in [-0.25, -0.2) is 14.2 Å². The van der Waals surface area contributed by atoms with Crippen LogP contribution in [0.15, 0.2) is 24.9 Å². The van der Waals surface area contributed by atoms with Crippen LogP contribution in [0.5, 0.6) is 5.88 Å². The molecule has 0 saturated carbocycles. The minimum Gasteiger partial charge on any atom is -0.481 e. The molecule has 0 aliphatic rings. The van der Waals surface area contributed by atoms with Gasteiger partial charge in [-0.1, -0.05) is 6.58 Å². The van der Waals surface area contributed by atoms with Gasteiger partial charge in [0.15, 0.2) is 5.82 Å². The molecule has 0 amide bonds. The summed E-state index contributed by atoms with van der Waals surface area (Å²) < 4.78 is 23.8. The SMILES string of the molecule is C=C(C(=O)OCC)c1c(F)cnc2ccc(OC)nc12. The number of hydrogen-bond donors (Lipinski definition) is 0. The van der Waals surface area contributed by atoms with E-state index in [-0.39, 0.29) is 23.3 Å². The van der Waals surface area contributed by atoms with Gasteiger partial charge in [0, 0.05) is 6.07 Å². The summed E-state index contributed by atoms with van der Waals surface area (Å²) in [7, 11) is 1.45. The maximum absolute atomic E-state index is 14.0. The molecule has 2 aromatic heterocycles. The first-order chi connectivity index (χ1) is 9.58. The third kappa shape index (κ3) is 2.45. The van der Waals surface area contributed by atoms with Gasteiger partial charge in [-0.05, 0) is 13.0 Å². The Morgan fingerprint density at radius 1 is 1.45 bits per heavy atom. The first-order valence-corrected chi connectivity index (χ1v) is 5.94. The second-order valence-corrected chi connectivity index (χ2v) is 3.90. The van der Waals surface area contributed by atoms with E-state index in [0.29, 0.717) is 11.4 Å². The van der Waals surface area contributed by atoms with Crippen LogP contribution in [0.2, 0.25) is 0 Å². The lowest BCUT2D eigenvalue weighted by atomic mass is 10.1. The molecule has 2 aromatic rings. The molecule has 0 unspecified atom stereocenters. The molecule has 2 rings (SSSR count). The highest BCUT2D eigenvalue weighted by Gasteiger charge is 2.20. The maximum atomic E-state index is 14.0. The number of carbonyl (C=O) groups is 1. The van der Waals surface area contributed by atoms with E-state index < -0.39 is 11.8 Å². The second kappa shape index (κ2) is 5.64. The van der Waals surface area contributed by atoms with Crippen molar-refractivity contribution in [3.8, 4) is 5.88 Å². The van der Waals surface area contributed by atoms with Crippen molar-refractivity contribution in [1.82, 2.24) is 9.97 Å². The number of carbonyl (C=O) groups excluding carboxylic acids is 1. The summed E-state index contributed by atoms with van der Waals surface area (Å²) in [6.45, 7) is 5.43. The summed E-state index contributed by atoms with van der Waals surface area (Å²) in [5.41, 5.74) is 0.528. The van der Waals surface area contributed by atoms with Crippen molar-refractivity contribution in [3.05, 3.63) is 36.3 Å². The molecule has 0 fully saturated rings. The quantitative estimate of drug-likeness (QED) is 0.633. The molecule has 5 nitrogen and oxygen atoms in total. The standard InChI is InChI=1S/C14H13FN2O3/c1-4-20-14(18)8(2)12-9(15)7-16-10-5-6-11(19-3)17-13(10)12/h5-7H,2,4H2,1,3H3. The van der Waals surface area contributed by atoms with E-state index in [4.69, 9.17) is 9.47 Å². The van der Waals surface area contributed by atoms with Gasteiger partial charge in [-0.15, -0.1) is 0 Å². The van der Waals surface area contributed by atoms with Gasteiger partial charge < -0.3 is 9.47 Å². The predicted molar refractivity (Wildman–Crippen MR) is 71.7 cm³/mol. The van der Waals surface area contributed by atoms with Crippen molar-refractivity contribution in [1.29, 1.82) is 0 Å². The summed E-state index contributed by atoms with van der Waals surface area (Å²) >= 11 is 0. The highest BCUT2D eigenvalue weighted by Crippen LogP contribution is 2.26. The Kier molecular flexibility index (Phi) is 3.93. The number of rotatable bonds is 4. The van der Waals surface area contributed by atoms with Crippen LogP contribution in [-0.4, -0.2) is 29.7 Å². The minimum atomic E-state index is -0.691. The number of esters is 1. The van der Waals surface area contributed by atoms with Crippen molar-refractivity contribution in [2.45, 2.75) is 6.92 Å². The number of pyridine rings is 2. The van der Waals surface area contributed by atoms with Crippen LogP contribution < -0.4 is 4.74 Å². The van der Waals surface area contributed by atoms with Crippen LogP contribution in [0.3, 0.4) is 0 Å². The third-order valence-corrected chi connectivity index (χ3v) is 2.67. The molecule has 0 aliphatic carbocycles. The summed E-state index contributed by atoms with van der Waals surface area (Å²) in [5, 5.41) is 0. The van der Waals surface area contributed by atoms with E-state index in [1.54, 1.807) is 19.1 Å². The number of nitrogens with zero attached hydrogens (tertiary/aromatic N) is 2. The lowest BCUT2D eigenvalue weighted by Gasteiger charge is -2.10. The van der Waals surface area contributed by atoms with E-state index in [1.807, 2.05) is 0 Å². The number of methoxy groups -OCH3 is 1. The van der Waals surface area contributed by atoms with Crippen LogP contribution in [0.25, 0.3) is 16.6 Å². The van der Waals surface area contributed by atoms with Crippen molar-refractivity contribution >= 4 is 22.6 Å². The molecule has 0 bridgehead atoms. The fourth-order valence-corrected chi connectivity index (χ4v) is 1.75. The first-order valence-electron chi connectivity index (χ1n) is 5.94. The van der Waals surface area contributed by atoms with Gasteiger partial charge >= 0.3 is 5.97 Å². The monoisotopic (exact) mass is 276 g/mol. The third-order valence-electron chi connectivity index (χ3n) is 2.67. The van der Waals surface area contributed by atoms with Crippen molar-refractivity contribution in [2.75, 3.05) is 13.7 Å². The molecule has 0 aliphatic heterocycles. The average Bonchev–Trinajstić information content (AvgIpc) is 2.46. The smallest absolute Gasteiger partial charge is 0.338 e. The van der Waals surface area contributed by atoms with E-state index in [1.165, 1.54) is 7.11 Å². The van der Waals surface area contributed by atoms with Crippen LogP contribution >= 0.6 is 0 Å². The molecule has 104 valence electrons. The molecule has 0 N–H and O–H groups in total. The molecule has 0 aromatic carbocycles. The number of aromatic nitrogens is 2. The molecule has 0 saturated heterocycles. The zero-order chi connectivity index (χ0) is 14.7. The second-order valence-electron chi connectivity index (χ2n) is 3.90. The van der Waals surface area contributed by atoms with Crippen LogP contribution in [0.1, 0.15) is 12.5 Å². The van der Waals surface area contributed by atoms with Crippen molar-refractivity contribution in [2.24, 2.45) is 0 Å². The van der Waals surface area contributed by atoms with Crippen molar-refractivity contribution < 1.29 is 18.7 Å². The van der Waals surface area contributed by atoms with Gasteiger partial charge in [0.25, 0.3) is 0 Å². The molecular formula is C14H13FN2O3. The fourth-order valence-electron chi connectivity index (χ4n) is 1.75. The molecule has 0 radical (unpaired) electrons. The van der Waals surface area contributed by atoms with Crippen LogP contribution in [0.4, 0.5) is 4.39 Å². The van der Waals surface area contributed by atoms with Crippen LogP contribution in [0, 0.1) is 5.82 Å². The lowest BCUT2D eigenvalue weighted by Crippen LogP contribution is -2.08. The Hall–Kier alpha value is -2.50. The molecule has 2 heterocycles. The normalized spacial score (nSPS) is 10.3. The Labute approximate surface area is 115 Å². The van der Waals surface area contributed by atoms with Gasteiger partial charge in [0.1, 0.15) is 5.52 Å². The zero-order valence-electron chi connectivity index (χ0n) is 11.1. The summed E-state index contributed by atoms with van der Waals surface area (Å²) in [5.74, 6) is -1.08. The van der Waals surface area contributed by atoms with Gasteiger partial charge in [-0.2, -0.15) is 0 Å². The summed E-state index contributed by atoms with van der Waals surface area (Å²) in [4.78, 5) is 19.8. The largest absolute Gasteiger partial charge is 0.481 e. The topological polar surface area (TPSA) is 61.3 Å². The fraction of sp³-hybridized carbons (Fsp3) is 0.214. The number of hydrogen-bond acceptors (Lipinski definition) is 5. The van der Waals surface area contributed by atoms with Gasteiger partial charge in [0.2, 0.25) is 5.88 Å².